The average Bonchev–Trinajstić information content (AvgIpc) is 2.78. The van der Waals surface area contributed by atoms with Crippen molar-refractivity contribution in [1.29, 1.82) is 0 Å². The van der Waals surface area contributed by atoms with Crippen molar-refractivity contribution in [3.63, 3.8) is 0 Å². The molecule has 17 heavy (non-hydrogen) atoms. The lowest BCUT2D eigenvalue weighted by atomic mass is 9.93. The van der Waals surface area contributed by atoms with Gasteiger partial charge in [0.1, 0.15) is 0 Å². The first-order valence-corrected chi connectivity index (χ1v) is 7.65. The summed E-state index contributed by atoms with van der Waals surface area (Å²) in [4.78, 5) is 4.28. The third-order valence-electron chi connectivity index (χ3n) is 3.70. The highest BCUT2D eigenvalue weighted by Gasteiger charge is 2.26. The third-order valence-corrected chi connectivity index (χ3v) is 4.83. The fraction of sp³-hybridized carbons (Fsp3) is 0.769. The standard InChI is InChI=1S/C13H23N3S/c1-13(2,14)12-8-15-9-16(12)10-4-6-11(17-3)7-5-10/h8-11H,4-7,14H2,1-3H3. The predicted molar refractivity (Wildman–Crippen MR) is 74.2 cm³/mol. The number of hydrogen-bond acceptors (Lipinski definition) is 3. The van der Waals surface area contributed by atoms with Gasteiger partial charge in [0.2, 0.25) is 0 Å². The smallest absolute Gasteiger partial charge is 0.0951 e. The van der Waals surface area contributed by atoms with Crippen LogP contribution in [0.1, 0.15) is 51.3 Å². The van der Waals surface area contributed by atoms with Crippen molar-refractivity contribution in [1.82, 2.24) is 9.55 Å². The summed E-state index contributed by atoms with van der Waals surface area (Å²) >= 11 is 2.01. The van der Waals surface area contributed by atoms with E-state index in [-0.39, 0.29) is 5.54 Å². The molecule has 0 saturated heterocycles. The van der Waals surface area contributed by atoms with Crippen molar-refractivity contribution in [2.45, 2.75) is 56.4 Å². The summed E-state index contributed by atoms with van der Waals surface area (Å²) in [5, 5.41) is 0.851. The van der Waals surface area contributed by atoms with E-state index in [9.17, 15) is 0 Å². The summed E-state index contributed by atoms with van der Waals surface area (Å²) in [6, 6.07) is 0.596. The first-order chi connectivity index (χ1) is 8.02. The highest BCUT2D eigenvalue weighted by Crippen LogP contribution is 2.35. The zero-order chi connectivity index (χ0) is 12.5. The second-order valence-corrected chi connectivity index (χ2v) is 6.71. The summed E-state index contributed by atoms with van der Waals surface area (Å²) in [5.41, 5.74) is 7.06. The second-order valence-electron chi connectivity index (χ2n) is 5.57. The molecule has 0 unspecified atom stereocenters. The van der Waals surface area contributed by atoms with Gasteiger partial charge >= 0.3 is 0 Å². The van der Waals surface area contributed by atoms with Crippen LogP contribution in [0.5, 0.6) is 0 Å². The van der Waals surface area contributed by atoms with E-state index in [4.69, 9.17) is 5.73 Å². The maximum atomic E-state index is 6.20. The summed E-state index contributed by atoms with van der Waals surface area (Å²) in [5.74, 6) is 0. The number of rotatable bonds is 3. The van der Waals surface area contributed by atoms with E-state index in [1.54, 1.807) is 0 Å². The fourth-order valence-electron chi connectivity index (χ4n) is 2.65. The average molecular weight is 253 g/mol. The number of aromatic nitrogens is 2. The van der Waals surface area contributed by atoms with Gasteiger partial charge in [-0.15, -0.1) is 0 Å². The Kier molecular flexibility index (Phi) is 3.83. The minimum Gasteiger partial charge on any atom is -0.330 e. The molecular formula is C13H23N3S. The Balaban J connectivity index is 2.11. The minimum atomic E-state index is -0.299. The van der Waals surface area contributed by atoms with E-state index in [2.05, 4.69) is 15.8 Å². The fourth-order valence-corrected chi connectivity index (χ4v) is 3.40. The van der Waals surface area contributed by atoms with Crippen molar-refractivity contribution < 1.29 is 0 Å². The van der Waals surface area contributed by atoms with Crippen LogP contribution < -0.4 is 5.73 Å². The van der Waals surface area contributed by atoms with Gasteiger partial charge in [-0.2, -0.15) is 11.8 Å². The number of imidazole rings is 1. The van der Waals surface area contributed by atoms with Crippen molar-refractivity contribution in [3.8, 4) is 0 Å². The normalized spacial score (nSPS) is 26.1. The number of nitrogens with two attached hydrogens (primary N) is 1. The quantitative estimate of drug-likeness (QED) is 0.900. The zero-order valence-electron chi connectivity index (χ0n) is 11.0. The van der Waals surface area contributed by atoms with Crippen LogP contribution in [0.15, 0.2) is 12.5 Å². The van der Waals surface area contributed by atoms with Crippen molar-refractivity contribution in [3.05, 3.63) is 18.2 Å². The molecule has 2 N–H and O–H groups in total. The minimum absolute atomic E-state index is 0.299. The van der Waals surface area contributed by atoms with Crippen LogP contribution in [0.3, 0.4) is 0 Å². The predicted octanol–water partition coefficient (Wildman–Crippen LogP) is 2.92. The molecule has 0 amide bonds. The SMILES string of the molecule is CSC1CCC(n2cncc2C(C)(C)N)CC1. The summed E-state index contributed by atoms with van der Waals surface area (Å²) in [7, 11) is 0. The van der Waals surface area contributed by atoms with Gasteiger partial charge in [0, 0.05) is 17.5 Å². The Morgan fingerprint density at radius 3 is 2.53 bits per heavy atom. The molecule has 1 aromatic heterocycles. The van der Waals surface area contributed by atoms with Gasteiger partial charge in [-0.25, -0.2) is 4.98 Å². The highest BCUT2D eigenvalue weighted by molar-refractivity contribution is 7.99. The van der Waals surface area contributed by atoms with Gasteiger partial charge < -0.3 is 10.3 Å². The molecule has 1 aliphatic rings. The molecule has 0 bridgehead atoms. The van der Waals surface area contributed by atoms with E-state index in [0.29, 0.717) is 6.04 Å². The molecule has 0 aromatic carbocycles. The molecule has 3 nitrogen and oxygen atoms in total. The van der Waals surface area contributed by atoms with Gasteiger partial charge in [-0.05, 0) is 45.8 Å². The Morgan fingerprint density at radius 2 is 2.00 bits per heavy atom. The molecule has 0 spiro atoms. The molecule has 0 aliphatic heterocycles. The largest absolute Gasteiger partial charge is 0.330 e. The Hall–Kier alpha value is -0.480. The van der Waals surface area contributed by atoms with Crippen LogP contribution in [-0.2, 0) is 5.54 Å². The number of nitrogens with zero attached hydrogens (tertiary/aromatic N) is 2. The van der Waals surface area contributed by atoms with E-state index < -0.39 is 0 Å². The molecule has 1 fully saturated rings. The molecule has 1 heterocycles. The van der Waals surface area contributed by atoms with Crippen LogP contribution in [0, 0.1) is 0 Å². The van der Waals surface area contributed by atoms with E-state index in [1.807, 2.05) is 38.1 Å². The maximum absolute atomic E-state index is 6.20. The lowest BCUT2D eigenvalue weighted by Gasteiger charge is -2.31. The van der Waals surface area contributed by atoms with Gasteiger partial charge in [0.25, 0.3) is 0 Å². The maximum Gasteiger partial charge on any atom is 0.0951 e. The van der Waals surface area contributed by atoms with E-state index in [0.717, 1.165) is 10.9 Å². The van der Waals surface area contributed by atoms with Crippen LogP contribution in [0.25, 0.3) is 0 Å². The van der Waals surface area contributed by atoms with Crippen LogP contribution >= 0.6 is 11.8 Å². The van der Waals surface area contributed by atoms with Gasteiger partial charge in [-0.1, -0.05) is 0 Å². The molecule has 0 radical (unpaired) electrons. The lowest BCUT2D eigenvalue weighted by molar-refractivity contribution is 0.336. The first-order valence-electron chi connectivity index (χ1n) is 6.36. The Bertz CT molecular complexity index is 359. The van der Waals surface area contributed by atoms with Crippen LogP contribution in [0.4, 0.5) is 0 Å². The molecule has 1 saturated carbocycles. The molecule has 1 aliphatic carbocycles. The van der Waals surface area contributed by atoms with E-state index in [1.165, 1.54) is 25.7 Å². The first kappa shape index (κ1) is 13.0. The molecule has 1 aromatic rings. The number of hydrogen-bond donors (Lipinski definition) is 1. The molecule has 4 heteroatoms. The van der Waals surface area contributed by atoms with Gasteiger partial charge in [0.15, 0.2) is 0 Å². The van der Waals surface area contributed by atoms with Crippen LogP contribution in [-0.4, -0.2) is 21.1 Å². The monoisotopic (exact) mass is 253 g/mol. The van der Waals surface area contributed by atoms with Crippen molar-refractivity contribution >= 4 is 11.8 Å². The molecule has 0 atom stereocenters. The molecule has 2 rings (SSSR count). The topological polar surface area (TPSA) is 43.8 Å². The summed E-state index contributed by atoms with van der Waals surface area (Å²) in [6.07, 6.45) is 11.2. The van der Waals surface area contributed by atoms with Gasteiger partial charge in [-0.3, -0.25) is 0 Å². The second kappa shape index (κ2) is 5.02. The summed E-state index contributed by atoms with van der Waals surface area (Å²) in [6.45, 7) is 4.10. The van der Waals surface area contributed by atoms with Crippen LogP contribution in [0.2, 0.25) is 0 Å². The van der Waals surface area contributed by atoms with Crippen molar-refractivity contribution in [2.75, 3.05) is 6.26 Å². The lowest BCUT2D eigenvalue weighted by Crippen LogP contribution is -2.33. The zero-order valence-corrected chi connectivity index (χ0v) is 11.8. The molecule has 96 valence electrons. The highest BCUT2D eigenvalue weighted by atomic mass is 32.2. The Morgan fingerprint density at radius 1 is 1.35 bits per heavy atom. The third kappa shape index (κ3) is 2.86. The van der Waals surface area contributed by atoms with Crippen molar-refractivity contribution in [2.24, 2.45) is 5.73 Å². The number of thioether (sulfide) groups is 1. The van der Waals surface area contributed by atoms with Gasteiger partial charge in [0.05, 0.1) is 17.6 Å². The summed E-state index contributed by atoms with van der Waals surface area (Å²) < 4.78 is 2.30. The molecular weight excluding hydrogens is 230 g/mol. The van der Waals surface area contributed by atoms with E-state index >= 15 is 0 Å². The Labute approximate surface area is 108 Å².